The van der Waals surface area contributed by atoms with Crippen molar-refractivity contribution >= 4 is 29.8 Å². The summed E-state index contributed by atoms with van der Waals surface area (Å²) < 4.78 is 23.6. The number of hydrogen-bond acceptors (Lipinski definition) is 10. The number of hydrogen-bond donors (Lipinski definition) is 0. The first-order valence-electron chi connectivity index (χ1n) is 30.1. The van der Waals surface area contributed by atoms with Gasteiger partial charge in [0, 0.05) is 38.6 Å². The van der Waals surface area contributed by atoms with Crippen LogP contribution in [0.1, 0.15) is 298 Å². The molecule has 0 aliphatic rings. The number of amides is 1. The number of esters is 4. The number of carbonyl (C=O) groups excluding carboxylic acids is 5. The Hall–Kier alpha value is -2.69. The second kappa shape index (κ2) is 50.8. The molecule has 11 heteroatoms. The van der Waals surface area contributed by atoms with Crippen molar-refractivity contribution in [2.75, 3.05) is 40.4 Å². The highest BCUT2D eigenvalue weighted by Crippen LogP contribution is 2.20. The molecule has 418 valence electrons. The molecule has 1 amide bonds. The highest BCUT2D eigenvalue weighted by Gasteiger charge is 2.27. The lowest BCUT2D eigenvalue weighted by Gasteiger charge is -2.31. The average molecular weight is 1010 g/mol. The van der Waals surface area contributed by atoms with Gasteiger partial charge in [-0.05, 0) is 117 Å². The molecule has 0 bridgehead atoms. The topological polar surface area (TPSA) is 129 Å². The van der Waals surface area contributed by atoms with Crippen molar-refractivity contribution in [1.29, 1.82) is 0 Å². The minimum atomic E-state index is -0.573. The van der Waals surface area contributed by atoms with Crippen LogP contribution in [-0.2, 0) is 42.9 Å². The third kappa shape index (κ3) is 44.5. The quantitative estimate of drug-likeness (QED) is 0.0330. The molecular formula is C60H114N2O9. The predicted molar refractivity (Wildman–Crippen MR) is 293 cm³/mol. The molecule has 71 heavy (non-hydrogen) atoms. The van der Waals surface area contributed by atoms with E-state index in [1.807, 2.05) is 19.0 Å². The Kier molecular flexibility index (Phi) is 48.9. The molecule has 0 saturated carbocycles. The lowest BCUT2D eigenvalue weighted by molar-refractivity contribution is -0.154. The van der Waals surface area contributed by atoms with Gasteiger partial charge >= 0.3 is 23.9 Å². The van der Waals surface area contributed by atoms with Gasteiger partial charge in [0.1, 0.15) is 25.4 Å². The van der Waals surface area contributed by atoms with Crippen molar-refractivity contribution in [2.45, 2.75) is 316 Å². The molecule has 0 heterocycles. The van der Waals surface area contributed by atoms with Crippen LogP contribution in [0.25, 0.3) is 0 Å². The Morgan fingerprint density at radius 3 is 1.03 bits per heavy atom. The molecule has 0 aromatic carbocycles. The summed E-state index contributed by atoms with van der Waals surface area (Å²) >= 11 is 0. The first-order chi connectivity index (χ1) is 34.5. The molecule has 2 atom stereocenters. The largest absolute Gasteiger partial charge is 0.463 e. The van der Waals surface area contributed by atoms with Crippen LogP contribution in [0.5, 0.6) is 0 Å². The normalized spacial score (nSPS) is 12.3. The van der Waals surface area contributed by atoms with Gasteiger partial charge in [0.2, 0.25) is 5.91 Å². The number of rotatable bonds is 53. The fourth-order valence-electron chi connectivity index (χ4n) is 9.17. The number of ether oxygens (including phenoxy) is 4. The molecular weight excluding hydrogens is 893 g/mol. The van der Waals surface area contributed by atoms with E-state index in [0.29, 0.717) is 38.6 Å². The van der Waals surface area contributed by atoms with Crippen molar-refractivity contribution in [3.8, 4) is 0 Å². The highest BCUT2D eigenvalue weighted by atomic mass is 16.6. The number of nitrogens with zero attached hydrogens (tertiary/aromatic N) is 2. The molecule has 0 spiro atoms. The lowest BCUT2D eigenvalue weighted by Crippen LogP contribution is -2.47. The maximum absolute atomic E-state index is 13.9. The second-order valence-electron chi connectivity index (χ2n) is 21.1. The molecule has 0 N–H and O–H groups in total. The van der Waals surface area contributed by atoms with Gasteiger partial charge in [-0.1, -0.05) is 169 Å². The minimum absolute atomic E-state index is 0.0121. The van der Waals surface area contributed by atoms with E-state index in [1.165, 1.54) is 83.5 Å². The Labute approximate surface area is 437 Å². The van der Waals surface area contributed by atoms with Crippen molar-refractivity contribution in [3.63, 3.8) is 0 Å². The van der Waals surface area contributed by atoms with Gasteiger partial charge < -0.3 is 28.7 Å². The zero-order valence-corrected chi connectivity index (χ0v) is 47.6. The molecule has 2 unspecified atom stereocenters. The van der Waals surface area contributed by atoms with Gasteiger partial charge in [-0.25, -0.2) is 0 Å². The standard InChI is InChI=1S/C60H114N2O9/c1-8-13-18-22-24-33-44-56(63)62(50-39-38-49-61(6)7)53(51-68-57(64)45-34-25-27-36-47-59(66)70-54(40-29-17-12-5)43-32-23-19-14-9-2)52-69-58(65)46-35-26-28-37-48-60(67)71-55(41-30-20-15-10-3)42-31-21-16-11-4/h53-55H,8-52H2,1-7H3. The predicted octanol–water partition coefficient (Wildman–Crippen LogP) is 15.7. The lowest BCUT2D eigenvalue weighted by atomic mass is 10.0. The molecule has 0 fully saturated rings. The van der Waals surface area contributed by atoms with E-state index in [0.717, 1.165) is 141 Å². The van der Waals surface area contributed by atoms with Crippen LogP contribution in [0.2, 0.25) is 0 Å². The van der Waals surface area contributed by atoms with Gasteiger partial charge in [0.25, 0.3) is 0 Å². The van der Waals surface area contributed by atoms with Gasteiger partial charge in [0.15, 0.2) is 0 Å². The van der Waals surface area contributed by atoms with Gasteiger partial charge in [-0.2, -0.15) is 0 Å². The molecule has 0 aliphatic heterocycles. The second-order valence-corrected chi connectivity index (χ2v) is 21.1. The van der Waals surface area contributed by atoms with Crippen molar-refractivity contribution in [3.05, 3.63) is 0 Å². The monoisotopic (exact) mass is 1010 g/mol. The maximum Gasteiger partial charge on any atom is 0.306 e. The van der Waals surface area contributed by atoms with E-state index in [1.54, 1.807) is 0 Å². The highest BCUT2D eigenvalue weighted by molar-refractivity contribution is 5.77. The summed E-state index contributed by atoms with van der Waals surface area (Å²) in [7, 11) is 4.08. The third-order valence-corrected chi connectivity index (χ3v) is 13.8. The summed E-state index contributed by atoms with van der Waals surface area (Å²) in [6, 6.07) is -0.573. The summed E-state index contributed by atoms with van der Waals surface area (Å²) in [6.07, 6.45) is 38.6. The SMILES string of the molecule is CCCCCCCCC(=O)N(CCCCN(C)C)C(COC(=O)CCCCCCC(=O)OC(CCCCC)CCCCCCC)COC(=O)CCCCCCC(=O)OC(CCCCCC)CCCCCC. The van der Waals surface area contributed by atoms with E-state index in [2.05, 4.69) is 39.5 Å². The van der Waals surface area contributed by atoms with Crippen molar-refractivity contribution in [1.82, 2.24) is 9.80 Å². The summed E-state index contributed by atoms with van der Waals surface area (Å²) in [6.45, 7) is 12.4. The fourth-order valence-corrected chi connectivity index (χ4v) is 9.17. The fraction of sp³-hybridized carbons (Fsp3) is 0.917. The van der Waals surface area contributed by atoms with E-state index < -0.39 is 6.04 Å². The Balaban J connectivity index is 5.29. The van der Waals surface area contributed by atoms with E-state index in [9.17, 15) is 24.0 Å². The van der Waals surface area contributed by atoms with Crippen LogP contribution in [0.15, 0.2) is 0 Å². The van der Waals surface area contributed by atoms with Gasteiger partial charge in [-0.15, -0.1) is 0 Å². The molecule has 0 aliphatic carbocycles. The van der Waals surface area contributed by atoms with E-state index in [-0.39, 0.29) is 68.0 Å². The van der Waals surface area contributed by atoms with Crippen LogP contribution in [0, 0.1) is 0 Å². The van der Waals surface area contributed by atoms with Crippen LogP contribution < -0.4 is 0 Å². The number of unbranched alkanes of at least 4 members (excludes halogenated alkanes) is 24. The zero-order chi connectivity index (χ0) is 52.4. The third-order valence-electron chi connectivity index (χ3n) is 13.8. The van der Waals surface area contributed by atoms with Gasteiger partial charge in [-0.3, -0.25) is 24.0 Å². The molecule has 0 radical (unpaired) electrons. The van der Waals surface area contributed by atoms with E-state index >= 15 is 0 Å². The Morgan fingerprint density at radius 2 is 0.634 bits per heavy atom. The molecule has 0 rings (SSSR count). The summed E-state index contributed by atoms with van der Waals surface area (Å²) in [4.78, 5) is 69.7. The Morgan fingerprint density at radius 1 is 0.338 bits per heavy atom. The first kappa shape index (κ1) is 68.3. The molecule has 0 aromatic rings. The zero-order valence-electron chi connectivity index (χ0n) is 47.6. The average Bonchev–Trinajstić information content (AvgIpc) is 3.34. The number of carbonyl (C=O) groups is 5. The van der Waals surface area contributed by atoms with Crippen LogP contribution in [-0.4, -0.2) is 98.2 Å². The molecule has 11 nitrogen and oxygen atoms in total. The van der Waals surface area contributed by atoms with E-state index in [4.69, 9.17) is 18.9 Å². The maximum atomic E-state index is 13.9. The van der Waals surface area contributed by atoms with Crippen LogP contribution >= 0.6 is 0 Å². The van der Waals surface area contributed by atoms with Crippen LogP contribution in [0.3, 0.4) is 0 Å². The molecule has 0 aromatic heterocycles. The smallest absolute Gasteiger partial charge is 0.306 e. The van der Waals surface area contributed by atoms with Gasteiger partial charge in [0.05, 0.1) is 6.04 Å². The summed E-state index contributed by atoms with van der Waals surface area (Å²) in [5, 5.41) is 0. The minimum Gasteiger partial charge on any atom is -0.463 e. The summed E-state index contributed by atoms with van der Waals surface area (Å²) in [5.41, 5.74) is 0. The van der Waals surface area contributed by atoms with Crippen molar-refractivity contribution in [2.24, 2.45) is 0 Å². The van der Waals surface area contributed by atoms with Crippen LogP contribution in [0.4, 0.5) is 0 Å². The molecule has 0 saturated heterocycles. The summed E-state index contributed by atoms with van der Waals surface area (Å²) in [5.74, 6) is -0.864. The Bertz CT molecular complexity index is 1250. The van der Waals surface area contributed by atoms with Crippen molar-refractivity contribution < 1.29 is 42.9 Å². The first-order valence-corrected chi connectivity index (χ1v) is 30.1.